The van der Waals surface area contributed by atoms with Gasteiger partial charge in [-0.1, -0.05) is 13.8 Å². The summed E-state index contributed by atoms with van der Waals surface area (Å²) in [5, 5.41) is 11.3. The van der Waals surface area contributed by atoms with Crippen molar-refractivity contribution < 1.29 is 19.5 Å². The summed E-state index contributed by atoms with van der Waals surface area (Å²) in [6.45, 7) is 6.46. The Morgan fingerprint density at radius 2 is 1.77 bits per heavy atom. The number of nitrogens with one attached hydrogen (secondary N) is 1. The average Bonchev–Trinajstić information content (AvgIpc) is 2.45. The number of likely N-dealkylation sites (tertiary alicyclic amines) is 1. The highest BCUT2D eigenvalue weighted by molar-refractivity contribution is 5.85. The highest BCUT2D eigenvalue weighted by Crippen LogP contribution is 2.19. The van der Waals surface area contributed by atoms with Crippen LogP contribution in [-0.2, 0) is 14.4 Å². The third-order valence-electron chi connectivity index (χ3n) is 3.95. The molecule has 1 fully saturated rings. The van der Waals surface area contributed by atoms with Gasteiger partial charge in [-0.3, -0.25) is 14.4 Å². The van der Waals surface area contributed by atoms with Gasteiger partial charge in [0.25, 0.3) is 0 Å². The molecular weight excluding hydrogens is 286 g/mol. The van der Waals surface area contributed by atoms with Crippen molar-refractivity contribution in [2.24, 2.45) is 17.6 Å². The van der Waals surface area contributed by atoms with Crippen molar-refractivity contribution in [3.8, 4) is 0 Å². The molecule has 1 aliphatic rings. The minimum atomic E-state index is -1.05. The van der Waals surface area contributed by atoms with E-state index >= 15 is 0 Å². The largest absolute Gasteiger partial charge is 0.480 e. The maximum atomic E-state index is 12.2. The average molecular weight is 313 g/mol. The number of carbonyl (C=O) groups is 3. The molecule has 22 heavy (non-hydrogen) atoms. The quantitative estimate of drug-likeness (QED) is 0.648. The molecule has 0 unspecified atom stereocenters. The summed E-state index contributed by atoms with van der Waals surface area (Å²) in [5.74, 6) is -1.26. The maximum Gasteiger partial charge on any atom is 0.325 e. The van der Waals surface area contributed by atoms with Crippen LogP contribution in [0, 0.1) is 11.8 Å². The molecule has 0 aliphatic carbocycles. The van der Waals surface area contributed by atoms with Crippen molar-refractivity contribution in [3.63, 3.8) is 0 Å². The molecule has 7 heteroatoms. The Morgan fingerprint density at radius 3 is 2.23 bits per heavy atom. The summed E-state index contributed by atoms with van der Waals surface area (Å²) in [5.41, 5.74) is 5.91. The standard InChI is InChI=1S/C15H27N3O4/c1-9(2)8-12(16)14(20)18-6-4-11(5-7-18)13(19)17-10(3)15(21)22/h9-12H,4-8,16H2,1-3H3,(H,17,19)(H,21,22)/t10-,12-/m1/s1. The number of nitrogens with two attached hydrogens (primary N) is 1. The predicted molar refractivity (Wildman–Crippen MR) is 82.0 cm³/mol. The van der Waals surface area contributed by atoms with Crippen LogP contribution >= 0.6 is 0 Å². The summed E-state index contributed by atoms with van der Waals surface area (Å²) >= 11 is 0. The van der Waals surface area contributed by atoms with E-state index in [0.717, 1.165) is 0 Å². The number of hydrogen-bond donors (Lipinski definition) is 3. The van der Waals surface area contributed by atoms with Crippen LogP contribution < -0.4 is 11.1 Å². The molecule has 2 atom stereocenters. The molecule has 1 saturated heterocycles. The number of rotatable bonds is 6. The molecule has 0 saturated carbocycles. The first-order chi connectivity index (χ1) is 10.2. The van der Waals surface area contributed by atoms with Gasteiger partial charge in [0.15, 0.2) is 0 Å². The minimum absolute atomic E-state index is 0.0635. The second-order valence-corrected chi connectivity index (χ2v) is 6.40. The lowest BCUT2D eigenvalue weighted by Gasteiger charge is -2.33. The molecule has 0 aromatic rings. The molecule has 2 amide bonds. The van der Waals surface area contributed by atoms with Gasteiger partial charge in [0.2, 0.25) is 11.8 Å². The fraction of sp³-hybridized carbons (Fsp3) is 0.800. The van der Waals surface area contributed by atoms with E-state index < -0.39 is 18.1 Å². The topological polar surface area (TPSA) is 113 Å². The van der Waals surface area contributed by atoms with Gasteiger partial charge in [0, 0.05) is 19.0 Å². The van der Waals surface area contributed by atoms with Gasteiger partial charge in [0.1, 0.15) is 6.04 Å². The first-order valence-electron chi connectivity index (χ1n) is 7.80. The summed E-state index contributed by atoms with van der Waals surface area (Å²) < 4.78 is 0. The van der Waals surface area contributed by atoms with E-state index in [-0.39, 0.29) is 17.7 Å². The second kappa shape index (κ2) is 8.12. The normalized spacial score (nSPS) is 18.9. The first kappa shape index (κ1) is 18.4. The molecule has 0 radical (unpaired) electrons. The van der Waals surface area contributed by atoms with Crippen molar-refractivity contribution in [2.45, 2.75) is 52.1 Å². The molecule has 126 valence electrons. The smallest absolute Gasteiger partial charge is 0.325 e. The fourth-order valence-electron chi connectivity index (χ4n) is 2.60. The van der Waals surface area contributed by atoms with E-state index in [2.05, 4.69) is 5.32 Å². The fourth-order valence-corrected chi connectivity index (χ4v) is 2.60. The number of amides is 2. The van der Waals surface area contributed by atoms with Gasteiger partial charge in [-0.15, -0.1) is 0 Å². The Labute approximate surface area is 131 Å². The number of carboxylic acids is 1. The zero-order chi connectivity index (χ0) is 16.9. The third-order valence-corrected chi connectivity index (χ3v) is 3.95. The summed E-state index contributed by atoms with van der Waals surface area (Å²) in [6, 6.07) is -1.39. The Hall–Kier alpha value is -1.63. The second-order valence-electron chi connectivity index (χ2n) is 6.40. The van der Waals surface area contributed by atoms with Gasteiger partial charge in [-0.25, -0.2) is 0 Å². The number of hydrogen-bond acceptors (Lipinski definition) is 4. The maximum absolute atomic E-state index is 12.2. The predicted octanol–water partition coefficient (Wildman–Crippen LogP) is 0.188. The molecule has 0 spiro atoms. The van der Waals surface area contributed by atoms with E-state index in [4.69, 9.17) is 10.8 Å². The monoisotopic (exact) mass is 313 g/mol. The van der Waals surface area contributed by atoms with Crippen LogP contribution in [0.5, 0.6) is 0 Å². The van der Waals surface area contributed by atoms with Crippen LogP contribution in [-0.4, -0.2) is 53.0 Å². The van der Waals surface area contributed by atoms with Crippen molar-refractivity contribution in [1.82, 2.24) is 10.2 Å². The van der Waals surface area contributed by atoms with Gasteiger partial charge < -0.3 is 21.1 Å². The Bertz CT molecular complexity index is 417. The molecule has 1 heterocycles. The number of carbonyl (C=O) groups excluding carboxylic acids is 2. The number of carboxylic acid groups (broad SMARTS) is 1. The SMILES string of the molecule is CC(C)C[C@@H](N)C(=O)N1CCC(C(=O)N[C@H](C)C(=O)O)CC1. The number of nitrogens with zero attached hydrogens (tertiary/aromatic N) is 1. The van der Waals surface area contributed by atoms with Crippen LogP contribution in [0.15, 0.2) is 0 Å². The van der Waals surface area contributed by atoms with E-state index in [1.807, 2.05) is 13.8 Å². The van der Waals surface area contributed by atoms with Crippen molar-refractivity contribution >= 4 is 17.8 Å². The van der Waals surface area contributed by atoms with Gasteiger partial charge in [-0.2, -0.15) is 0 Å². The van der Waals surface area contributed by atoms with Crippen LogP contribution in [0.2, 0.25) is 0 Å². The van der Waals surface area contributed by atoms with Gasteiger partial charge in [0.05, 0.1) is 6.04 Å². The van der Waals surface area contributed by atoms with Crippen LogP contribution in [0.4, 0.5) is 0 Å². The van der Waals surface area contributed by atoms with E-state index in [1.54, 1.807) is 4.90 Å². The zero-order valence-corrected chi connectivity index (χ0v) is 13.5. The summed E-state index contributed by atoms with van der Waals surface area (Å²) in [7, 11) is 0. The zero-order valence-electron chi connectivity index (χ0n) is 13.5. The number of aliphatic carboxylic acids is 1. The van der Waals surface area contributed by atoms with E-state index in [1.165, 1.54) is 6.92 Å². The Kier molecular flexibility index (Phi) is 6.80. The van der Waals surface area contributed by atoms with Crippen molar-refractivity contribution in [2.75, 3.05) is 13.1 Å². The molecule has 0 aromatic carbocycles. The van der Waals surface area contributed by atoms with Crippen LogP contribution in [0.25, 0.3) is 0 Å². The van der Waals surface area contributed by atoms with Crippen LogP contribution in [0.3, 0.4) is 0 Å². The molecule has 0 bridgehead atoms. The van der Waals surface area contributed by atoms with E-state index in [0.29, 0.717) is 38.3 Å². The summed E-state index contributed by atoms with van der Waals surface area (Å²) in [4.78, 5) is 36.6. The van der Waals surface area contributed by atoms with Crippen LogP contribution in [0.1, 0.15) is 40.0 Å². The van der Waals surface area contributed by atoms with E-state index in [9.17, 15) is 14.4 Å². The lowest BCUT2D eigenvalue weighted by Crippen LogP contribution is -2.50. The molecule has 1 aliphatic heterocycles. The minimum Gasteiger partial charge on any atom is -0.480 e. The molecule has 1 rings (SSSR count). The highest BCUT2D eigenvalue weighted by atomic mass is 16.4. The lowest BCUT2D eigenvalue weighted by molar-refractivity contribution is -0.142. The van der Waals surface area contributed by atoms with Gasteiger partial charge in [-0.05, 0) is 32.1 Å². The molecule has 4 N–H and O–H groups in total. The summed E-state index contributed by atoms with van der Waals surface area (Å²) in [6.07, 6.45) is 1.73. The van der Waals surface area contributed by atoms with Crippen molar-refractivity contribution in [3.05, 3.63) is 0 Å². The first-order valence-corrected chi connectivity index (χ1v) is 7.80. The van der Waals surface area contributed by atoms with Crippen molar-refractivity contribution in [1.29, 1.82) is 0 Å². The highest BCUT2D eigenvalue weighted by Gasteiger charge is 2.30. The lowest BCUT2D eigenvalue weighted by atomic mass is 9.94. The number of piperidine rings is 1. The Balaban J connectivity index is 2.44. The molecular formula is C15H27N3O4. The Morgan fingerprint density at radius 1 is 1.23 bits per heavy atom. The molecule has 7 nitrogen and oxygen atoms in total. The third kappa shape index (κ3) is 5.29. The molecule has 0 aromatic heterocycles. The van der Waals surface area contributed by atoms with Gasteiger partial charge >= 0.3 is 5.97 Å².